The second kappa shape index (κ2) is 5.35. The van der Waals surface area contributed by atoms with E-state index in [1.54, 1.807) is 0 Å². The Labute approximate surface area is 117 Å². The highest BCUT2D eigenvalue weighted by atomic mass is 16.3. The minimum atomic E-state index is 0.0599. The average molecular weight is 267 g/mol. The fraction of sp³-hybridized carbons (Fsp3) is 0.188. The van der Waals surface area contributed by atoms with E-state index in [2.05, 4.69) is 33.8 Å². The van der Waals surface area contributed by atoms with Crippen molar-refractivity contribution in [2.24, 2.45) is 0 Å². The van der Waals surface area contributed by atoms with Gasteiger partial charge in [0.15, 0.2) is 0 Å². The molecular formula is C16H17N3O. The predicted octanol–water partition coefficient (Wildman–Crippen LogP) is 2.75. The van der Waals surface area contributed by atoms with Crippen molar-refractivity contribution in [3.05, 3.63) is 65.6 Å². The van der Waals surface area contributed by atoms with Gasteiger partial charge >= 0.3 is 0 Å². The van der Waals surface area contributed by atoms with Crippen LogP contribution in [0, 0.1) is 6.92 Å². The third-order valence-electron chi connectivity index (χ3n) is 3.33. The number of hydrogen-bond acceptors (Lipinski definition) is 3. The van der Waals surface area contributed by atoms with Crippen molar-refractivity contribution in [1.29, 1.82) is 0 Å². The summed E-state index contributed by atoms with van der Waals surface area (Å²) in [7, 11) is 0. The summed E-state index contributed by atoms with van der Waals surface area (Å²) in [5, 5.41) is 12.5. The first kappa shape index (κ1) is 12.7. The molecule has 0 fully saturated rings. The van der Waals surface area contributed by atoms with Crippen LogP contribution in [0.2, 0.25) is 0 Å². The molecule has 2 heterocycles. The largest absolute Gasteiger partial charge is 0.392 e. The Morgan fingerprint density at radius 3 is 3.00 bits per heavy atom. The van der Waals surface area contributed by atoms with Gasteiger partial charge in [0, 0.05) is 11.9 Å². The van der Waals surface area contributed by atoms with E-state index in [-0.39, 0.29) is 6.61 Å². The predicted molar refractivity (Wildman–Crippen MR) is 79.6 cm³/mol. The van der Waals surface area contributed by atoms with Gasteiger partial charge in [-0.1, -0.05) is 12.1 Å². The number of aliphatic hydroxyl groups excluding tert-OH is 1. The third-order valence-corrected chi connectivity index (χ3v) is 3.33. The Bertz CT molecular complexity index is 733. The smallest absolute Gasteiger partial charge is 0.137 e. The third kappa shape index (κ3) is 2.51. The SMILES string of the molecule is Cc1ccn2c(CNc3cccc(CO)c3)cnc2c1. The highest BCUT2D eigenvalue weighted by molar-refractivity contribution is 5.47. The number of hydrogen-bond donors (Lipinski definition) is 2. The number of pyridine rings is 1. The maximum absolute atomic E-state index is 9.14. The molecule has 3 rings (SSSR count). The molecule has 4 nitrogen and oxygen atoms in total. The zero-order valence-electron chi connectivity index (χ0n) is 11.4. The number of aryl methyl sites for hydroxylation is 1. The molecule has 20 heavy (non-hydrogen) atoms. The van der Waals surface area contributed by atoms with Gasteiger partial charge in [-0.25, -0.2) is 4.98 Å². The van der Waals surface area contributed by atoms with Crippen molar-refractivity contribution in [3.63, 3.8) is 0 Å². The second-order valence-corrected chi connectivity index (χ2v) is 4.89. The van der Waals surface area contributed by atoms with E-state index in [1.165, 1.54) is 5.56 Å². The Balaban J connectivity index is 1.79. The number of nitrogens with one attached hydrogen (secondary N) is 1. The van der Waals surface area contributed by atoms with Crippen LogP contribution in [-0.2, 0) is 13.2 Å². The maximum Gasteiger partial charge on any atom is 0.137 e. The van der Waals surface area contributed by atoms with E-state index in [1.807, 2.05) is 36.7 Å². The maximum atomic E-state index is 9.14. The molecule has 0 radical (unpaired) electrons. The van der Waals surface area contributed by atoms with E-state index in [0.717, 1.165) is 22.6 Å². The first-order valence-corrected chi connectivity index (χ1v) is 6.62. The van der Waals surface area contributed by atoms with E-state index < -0.39 is 0 Å². The molecular weight excluding hydrogens is 250 g/mol. The molecule has 0 aliphatic carbocycles. The van der Waals surface area contributed by atoms with Crippen LogP contribution in [-0.4, -0.2) is 14.5 Å². The topological polar surface area (TPSA) is 49.6 Å². The minimum Gasteiger partial charge on any atom is -0.392 e. The minimum absolute atomic E-state index is 0.0599. The van der Waals surface area contributed by atoms with Crippen molar-refractivity contribution in [2.75, 3.05) is 5.32 Å². The molecule has 0 saturated heterocycles. The fourth-order valence-corrected chi connectivity index (χ4v) is 2.24. The first-order valence-electron chi connectivity index (χ1n) is 6.62. The van der Waals surface area contributed by atoms with E-state index in [9.17, 15) is 0 Å². The van der Waals surface area contributed by atoms with Crippen molar-refractivity contribution < 1.29 is 5.11 Å². The molecule has 3 aromatic rings. The van der Waals surface area contributed by atoms with Crippen molar-refractivity contribution >= 4 is 11.3 Å². The number of anilines is 1. The molecule has 0 unspecified atom stereocenters. The van der Waals surface area contributed by atoms with E-state index in [4.69, 9.17) is 5.11 Å². The highest BCUT2D eigenvalue weighted by Gasteiger charge is 2.03. The van der Waals surface area contributed by atoms with Crippen molar-refractivity contribution in [2.45, 2.75) is 20.1 Å². The lowest BCUT2D eigenvalue weighted by molar-refractivity contribution is 0.282. The molecule has 0 saturated carbocycles. The molecule has 0 bridgehead atoms. The highest BCUT2D eigenvalue weighted by Crippen LogP contribution is 2.14. The second-order valence-electron chi connectivity index (χ2n) is 4.89. The average Bonchev–Trinajstić information content (AvgIpc) is 2.87. The molecule has 0 aliphatic heterocycles. The van der Waals surface area contributed by atoms with Gasteiger partial charge in [-0.15, -0.1) is 0 Å². The van der Waals surface area contributed by atoms with Crippen LogP contribution in [0.5, 0.6) is 0 Å². The number of aromatic nitrogens is 2. The summed E-state index contributed by atoms with van der Waals surface area (Å²) in [6.07, 6.45) is 3.93. The number of benzene rings is 1. The van der Waals surface area contributed by atoms with Gasteiger partial charge in [0.25, 0.3) is 0 Å². The summed E-state index contributed by atoms with van der Waals surface area (Å²) in [6, 6.07) is 11.9. The number of imidazole rings is 1. The van der Waals surface area contributed by atoms with Gasteiger partial charge in [0.2, 0.25) is 0 Å². The van der Waals surface area contributed by atoms with Gasteiger partial charge in [-0.05, 0) is 42.3 Å². The summed E-state index contributed by atoms with van der Waals surface area (Å²) in [6.45, 7) is 2.82. The lowest BCUT2D eigenvalue weighted by Crippen LogP contribution is -2.03. The molecule has 2 aromatic heterocycles. The van der Waals surface area contributed by atoms with Gasteiger partial charge in [0.05, 0.1) is 25.0 Å². The summed E-state index contributed by atoms with van der Waals surface area (Å²) < 4.78 is 2.08. The van der Waals surface area contributed by atoms with Crippen LogP contribution in [0.1, 0.15) is 16.8 Å². The standard InChI is InChI=1S/C16H17N3O/c1-12-5-6-19-15(10-18-16(19)7-12)9-17-14-4-2-3-13(8-14)11-20/h2-8,10,17,20H,9,11H2,1H3. The van der Waals surface area contributed by atoms with Crippen molar-refractivity contribution in [3.8, 4) is 0 Å². The Kier molecular flexibility index (Phi) is 3.39. The van der Waals surface area contributed by atoms with E-state index >= 15 is 0 Å². The number of rotatable bonds is 4. The van der Waals surface area contributed by atoms with Crippen LogP contribution in [0.25, 0.3) is 5.65 Å². The van der Waals surface area contributed by atoms with Crippen LogP contribution in [0.15, 0.2) is 48.8 Å². The molecule has 0 atom stereocenters. The van der Waals surface area contributed by atoms with Gasteiger partial charge < -0.3 is 14.8 Å². The summed E-state index contributed by atoms with van der Waals surface area (Å²) in [4.78, 5) is 4.41. The van der Waals surface area contributed by atoms with Crippen LogP contribution < -0.4 is 5.32 Å². The summed E-state index contributed by atoms with van der Waals surface area (Å²) in [5.74, 6) is 0. The Morgan fingerprint density at radius 2 is 2.15 bits per heavy atom. The van der Waals surface area contributed by atoms with Gasteiger partial charge in [-0.3, -0.25) is 0 Å². The van der Waals surface area contributed by atoms with Crippen LogP contribution >= 0.6 is 0 Å². The summed E-state index contributed by atoms with van der Waals surface area (Å²) in [5.41, 5.74) is 5.18. The number of fused-ring (bicyclic) bond motifs is 1. The van der Waals surface area contributed by atoms with Gasteiger partial charge in [0.1, 0.15) is 5.65 Å². The molecule has 0 spiro atoms. The van der Waals surface area contributed by atoms with Crippen molar-refractivity contribution in [1.82, 2.24) is 9.38 Å². The normalized spacial score (nSPS) is 10.9. The monoisotopic (exact) mass is 267 g/mol. The molecule has 102 valence electrons. The van der Waals surface area contributed by atoms with E-state index in [0.29, 0.717) is 6.54 Å². The molecule has 2 N–H and O–H groups in total. The number of aliphatic hydroxyl groups is 1. The Morgan fingerprint density at radius 1 is 1.25 bits per heavy atom. The molecule has 0 aliphatic rings. The quantitative estimate of drug-likeness (QED) is 0.764. The van der Waals surface area contributed by atoms with Gasteiger partial charge in [-0.2, -0.15) is 0 Å². The summed E-state index contributed by atoms with van der Waals surface area (Å²) >= 11 is 0. The first-order chi connectivity index (χ1) is 9.76. The molecule has 0 amide bonds. The zero-order valence-corrected chi connectivity index (χ0v) is 11.4. The Hall–Kier alpha value is -2.33. The number of nitrogens with zero attached hydrogens (tertiary/aromatic N) is 2. The van der Waals surface area contributed by atoms with Crippen LogP contribution in [0.4, 0.5) is 5.69 Å². The van der Waals surface area contributed by atoms with Crippen LogP contribution in [0.3, 0.4) is 0 Å². The lowest BCUT2D eigenvalue weighted by Gasteiger charge is -2.07. The molecule has 4 heteroatoms. The fourth-order valence-electron chi connectivity index (χ4n) is 2.24. The zero-order chi connectivity index (χ0) is 13.9. The molecule has 1 aromatic carbocycles. The lowest BCUT2D eigenvalue weighted by atomic mass is 10.2.